The van der Waals surface area contributed by atoms with E-state index in [1.54, 1.807) is 11.1 Å². The maximum Gasteiger partial charge on any atom is 0.128 e. The molecule has 2 heterocycles. The molecule has 4 heteroatoms. The van der Waals surface area contributed by atoms with E-state index in [1.807, 2.05) is 22.7 Å². The molecule has 0 aliphatic rings. The first-order chi connectivity index (χ1) is 15.5. The summed E-state index contributed by atoms with van der Waals surface area (Å²) in [6.07, 6.45) is 15.6. The molecule has 32 heavy (non-hydrogen) atoms. The molecular formula is C28H40BBrS2. The van der Waals surface area contributed by atoms with Crippen molar-refractivity contribution < 1.29 is 0 Å². The lowest BCUT2D eigenvalue weighted by atomic mass is 9.88. The molecule has 2 unspecified atom stereocenters. The van der Waals surface area contributed by atoms with Crippen molar-refractivity contribution in [1.29, 1.82) is 0 Å². The smallest absolute Gasteiger partial charge is 0.128 e. The third-order valence-electron chi connectivity index (χ3n) is 7.34. The van der Waals surface area contributed by atoms with Crippen LogP contribution in [0.3, 0.4) is 0 Å². The molecule has 0 saturated heterocycles. The zero-order valence-corrected chi connectivity index (χ0v) is 23.8. The minimum absolute atomic E-state index is 0.836. The first-order valence-corrected chi connectivity index (χ1v) is 15.4. The van der Waals surface area contributed by atoms with Crippen LogP contribution >= 0.6 is 38.6 Å². The van der Waals surface area contributed by atoms with Gasteiger partial charge in [-0.05, 0) is 86.2 Å². The van der Waals surface area contributed by atoms with Gasteiger partial charge >= 0.3 is 0 Å². The Morgan fingerprint density at radius 1 is 0.750 bits per heavy atom. The highest BCUT2D eigenvalue weighted by atomic mass is 79.9. The fourth-order valence-electron chi connectivity index (χ4n) is 5.20. The van der Waals surface area contributed by atoms with E-state index in [-0.39, 0.29) is 0 Å². The molecule has 0 aliphatic heterocycles. The van der Waals surface area contributed by atoms with Crippen LogP contribution in [0.4, 0.5) is 0 Å². The van der Waals surface area contributed by atoms with E-state index in [0.717, 1.165) is 16.6 Å². The summed E-state index contributed by atoms with van der Waals surface area (Å²) < 4.78 is 5.19. The van der Waals surface area contributed by atoms with Crippen LogP contribution in [0.15, 0.2) is 15.9 Å². The Bertz CT molecular complexity index is 854. The highest BCUT2D eigenvalue weighted by Gasteiger charge is 2.20. The van der Waals surface area contributed by atoms with Crippen molar-refractivity contribution in [3.63, 3.8) is 0 Å². The number of benzene rings is 1. The van der Waals surface area contributed by atoms with Gasteiger partial charge in [-0.25, -0.2) is 0 Å². The van der Waals surface area contributed by atoms with Gasteiger partial charge in [0, 0.05) is 9.40 Å². The molecule has 3 aromatic rings. The molecule has 0 saturated carbocycles. The van der Waals surface area contributed by atoms with Crippen molar-refractivity contribution in [3.8, 4) is 0 Å². The van der Waals surface area contributed by atoms with Crippen LogP contribution < -0.4 is 4.78 Å². The largest absolute Gasteiger partial charge is 0.152 e. The lowest BCUT2D eigenvalue weighted by Gasteiger charge is -2.18. The molecular weight excluding hydrogens is 491 g/mol. The van der Waals surface area contributed by atoms with Crippen LogP contribution in [0.5, 0.6) is 0 Å². The molecule has 2 radical (unpaired) electrons. The van der Waals surface area contributed by atoms with Gasteiger partial charge in [0.15, 0.2) is 0 Å². The monoisotopic (exact) mass is 530 g/mol. The summed E-state index contributed by atoms with van der Waals surface area (Å²) in [6, 6.07) is 4.66. The minimum Gasteiger partial charge on any atom is -0.152 e. The molecule has 174 valence electrons. The number of aryl methyl sites for hydroxylation is 2. The van der Waals surface area contributed by atoms with Crippen LogP contribution in [-0.4, -0.2) is 7.85 Å². The van der Waals surface area contributed by atoms with Gasteiger partial charge in [0.2, 0.25) is 0 Å². The van der Waals surface area contributed by atoms with Gasteiger partial charge < -0.3 is 0 Å². The first-order valence-electron chi connectivity index (χ1n) is 12.9. The highest BCUT2D eigenvalue weighted by Crippen LogP contribution is 2.43. The summed E-state index contributed by atoms with van der Waals surface area (Å²) in [4.78, 5) is 0. The predicted molar refractivity (Wildman–Crippen MR) is 154 cm³/mol. The Morgan fingerprint density at radius 3 is 1.75 bits per heavy atom. The number of halogens is 1. The second kappa shape index (κ2) is 13.0. The Hall–Kier alpha value is -0.315. The van der Waals surface area contributed by atoms with Gasteiger partial charge in [0.25, 0.3) is 0 Å². The van der Waals surface area contributed by atoms with E-state index >= 15 is 0 Å². The molecule has 2 atom stereocenters. The molecule has 0 bridgehead atoms. The molecule has 0 aliphatic carbocycles. The Morgan fingerprint density at radius 2 is 1.25 bits per heavy atom. The van der Waals surface area contributed by atoms with Crippen molar-refractivity contribution in [1.82, 2.24) is 0 Å². The minimum atomic E-state index is 0.836. The fourth-order valence-corrected chi connectivity index (χ4v) is 7.95. The molecule has 0 spiro atoms. The topological polar surface area (TPSA) is 0 Å². The van der Waals surface area contributed by atoms with Gasteiger partial charge in [-0.3, -0.25) is 0 Å². The second-order valence-corrected chi connectivity index (χ2v) is 13.1. The average molecular weight is 531 g/mol. The van der Waals surface area contributed by atoms with Crippen LogP contribution in [0.25, 0.3) is 20.2 Å². The summed E-state index contributed by atoms with van der Waals surface area (Å²) in [7, 11) is 6.40. The molecule has 0 N–H and O–H groups in total. The summed E-state index contributed by atoms with van der Waals surface area (Å²) in [5.74, 6) is 1.67. The van der Waals surface area contributed by atoms with Gasteiger partial charge in [0.1, 0.15) is 7.85 Å². The normalized spacial score (nSPS) is 13.9. The average Bonchev–Trinajstić information content (AvgIpc) is 3.36. The Kier molecular flexibility index (Phi) is 10.6. The zero-order valence-electron chi connectivity index (χ0n) is 20.6. The van der Waals surface area contributed by atoms with E-state index in [4.69, 9.17) is 7.85 Å². The maximum atomic E-state index is 6.40. The van der Waals surface area contributed by atoms with Crippen molar-refractivity contribution in [3.05, 3.63) is 27.0 Å². The number of fused-ring (bicyclic) bond motifs is 2. The first kappa shape index (κ1) is 26.3. The van der Waals surface area contributed by atoms with E-state index in [1.165, 1.54) is 101 Å². The molecule has 0 nitrogen and oxygen atoms in total. The summed E-state index contributed by atoms with van der Waals surface area (Å²) in [5.41, 5.74) is 3.10. The number of thiophene rings is 2. The van der Waals surface area contributed by atoms with E-state index in [2.05, 4.69) is 55.8 Å². The lowest BCUT2D eigenvalue weighted by molar-refractivity contribution is 0.422. The Balaban J connectivity index is 1.96. The molecule has 0 fully saturated rings. The highest BCUT2D eigenvalue weighted by molar-refractivity contribution is 9.11. The van der Waals surface area contributed by atoms with Crippen LogP contribution in [-0.2, 0) is 12.8 Å². The standard InChI is InChI=1S/C28H40BBrS2/c1-5-9-11-19(7-3)13-15-21-23-17-25(29)31-27(23)22(24-18-26(30)32-28(21)24)16-14-20(8-4)12-10-6-2/h17-20H,5-16H2,1-4H3. The third-order valence-corrected chi connectivity index (χ3v) is 10.1. The van der Waals surface area contributed by atoms with Crippen molar-refractivity contribution >= 4 is 71.4 Å². The zero-order chi connectivity index (χ0) is 23.1. The quantitative estimate of drug-likeness (QED) is 0.182. The van der Waals surface area contributed by atoms with E-state index < -0.39 is 0 Å². The van der Waals surface area contributed by atoms with Crippen molar-refractivity contribution in [2.45, 2.75) is 105 Å². The van der Waals surface area contributed by atoms with Gasteiger partial charge in [-0.1, -0.05) is 85.1 Å². The van der Waals surface area contributed by atoms with Crippen molar-refractivity contribution in [2.75, 3.05) is 0 Å². The summed E-state index contributed by atoms with van der Waals surface area (Å²) in [6.45, 7) is 9.34. The van der Waals surface area contributed by atoms with E-state index in [0.29, 0.717) is 0 Å². The van der Waals surface area contributed by atoms with Crippen LogP contribution in [0.1, 0.15) is 103 Å². The summed E-state index contributed by atoms with van der Waals surface area (Å²) >= 11 is 7.56. The van der Waals surface area contributed by atoms with Gasteiger partial charge in [-0.15, -0.1) is 11.3 Å². The number of hydrogen-bond donors (Lipinski definition) is 0. The fraction of sp³-hybridized carbons (Fsp3) is 0.643. The summed E-state index contributed by atoms with van der Waals surface area (Å²) in [5, 5.41) is 2.93. The molecule has 2 aromatic heterocycles. The number of rotatable bonds is 14. The van der Waals surface area contributed by atoms with Crippen LogP contribution in [0.2, 0.25) is 0 Å². The molecule has 3 rings (SSSR count). The lowest BCUT2D eigenvalue weighted by Crippen LogP contribution is -2.03. The van der Waals surface area contributed by atoms with Gasteiger partial charge in [-0.2, -0.15) is 11.3 Å². The van der Waals surface area contributed by atoms with E-state index in [9.17, 15) is 0 Å². The van der Waals surface area contributed by atoms with Crippen LogP contribution in [0, 0.1) is 11.8 Å². The number of hydrogen-bond acceptors (Lipinski definition) is 2. The van der Waals surface area contributed by atoms with Gasteiger partial charge in [0.05, 0.1) is 3.79 Å². The maximum absolute atomic E-state index is 6.40. The Labute approximate surface area is 214 Å². The molecule has 1 aromatic carbocycles. The third kappa shape index (κ3) is 6.42. The number of unbranched alkanes of at least 4 members (excludes halogenated alkanes) is 2. The molecule has 0 amide bonds. The predicted octanol–water partition coefficient (Wildman–Crippen LogP) is 9.97. The van der Waals surface area contributed by atoms with Crippen molar-refractivity contribution in [2.24, 2.45) is 11.8 Å². The second-order valence-electron chi connectivity index (χ2n) is 9.55. The SMILES string of the molecule is [B]c1cc2c(CCC(CC)CCCC)c3sc(Br)cc3c(CCC(CC)CCCC)c2s1.